The number of fused-ring (bicyclic) bond motifs is 13. The zero-order chi connectivity index (χ0) is 39.2. The molecule has 11 aromatic rings. The molecule has 58 heavy (non-hydrogen) atoms. The average Bonchev–Trinajstić information content (AvgIpc) is 3.95. The molecule has 4 nitrogen and oxygen atoms in total. The fourth-order valence-electron chi connectivity index (χ4n) is 9.30. The van der Waals surface area contributed by atoms with Crippen molar-refractivity contribution in [1.29, 1.82) is 0 Å². The van der Waals surface area contributed by atoms with E-state index in [-0.39, 0.29) is 10.8 Å². The number of hydrogen-bond donors (Lipinski definition) is 1. The van der Waals surface area contributed by atoms with Crippen molar-refractivity contribution in [3.63, 3.8) is 0 Å². The fraction of sp³-hybridized carbons (Fsp3) is 0.154. The highest BCUT2D eigenvalue weighted by molar-refractivity contribution is 7.29. The lowest BCUT2D eigenvalue weighted by molar-refractivity contribution is 0.590. The minimum absolute atomic E-state index is 0.0220. The highest BCUT2D eigenvalue weighted by Gasteiger charge is 2.31. The van der Waals surface area contributed by atoms with E-state index in [1.165, 1.54) is 58.9 Å². The van der Waals surface area contributed by atoms with Gasteiger partial charge in [0.2, 0.25) is 7.28 Å². The van der Waals surface area contributed by atoms with Crippen molar-refractivity contribution >= 4 is 116 Å². The van der Waals surface area contributed by atoms with Crippen LogP contribution in [0.2, 0.25) is 0 Å². The highest BCUT2D eigenvalue weighted by Crippen LogP contribution is 2.45. The summed E-state index contributed by atoms with van der Waals surface area (Å²) in [6.45, 7) is 13.7. The Labute approximate surface area is 340 Å². The van der Waals surface area contributed by atoms with E-state index in [9.17, 15) is 0 Å². The summed E-state index contributed by atoms with van der Waals surface area (Å²) in [4.78, 5) is 0. The highest BCUT2D eigenvalue weighted by atomic mass is 32.1. The molecule has 5 heterocycles. The molecule has 1 N–H and O–H groups in total. The molecule has 0 spiro atoms. The predicted molar refractivity (Wildman–Crippen MR) is 248 cm³/mol. The molecule has 0 fully saturated rings. The van der Waals surface area contributed by atoms with Crippen LogP contribution >= 0.6 is 11.3 Å². The number of rotatable bonds is 3. The molecule has 1 aliphatic rings. The molecule has 1 aliphatic heterocycles. The summed E-state index contributed by atoms with van der Waals surface area (Å²) in [6.07, 6.45) is 0. The molecule has 12 rings (SSSR count). The van der Waals surface area contributed by atoms with Gasteiger partial charge in [0.15, 0.2) is 0 Å². The standard InChI is InChI=1S/C52H40BN2O2S/c1-51(2,3)28-15-18-30(19-16-28)54-40-24-37-31-11-7-9-13-42(31)56-44(37)26-35(40)33-20-21-34-36-27-45-38(32-12-8-10-14-43(32)57-45)25-41(36)55-48(34)47(33)53-50-49(55)39-23-29(52(4,5)6)17-22-46(39)58-50/h7-27,54H,1-6H3. The summed E-state index contributed by atoms with van der Waals surface area (Å²) in [5, 5.41) is 12.0. The molecule has 7 aromatic carbocycles. The van der Waals surface area contributed by atoms with Crippen molar-refractivity contribution < 1.29 is 8.83 Å². The zero-order valence-corrected chi connectivity index (χ0v) is 34.2. The Morgan fingerprint density at radius 3 is 1.90 bits per heavy atom. The third kappa shape index (κ3) is 4.88. The molecule has 0 unspecified atom stereocenters. The van der Waals surface area contributed by atoms with Gasteiger partial charge in [-0.1, -0.05) is 108 Å². The van der Waals surface area contributed by atoms with Crippen LogP contribution in [-0.4, -0.2) is 11.8 Å². The van der Waals surface area contributed by atoms with Gasteiger partial charge in [0, 0.05) is 64.9 Å². The van der Waals surface area contributed by atoms with Crippen molar-refractivity contribution in [2.24, 2.45) is 0 Å². The van der Waals surface area contributed by atoms with E-state index in [4.69, 9.17) is 8.83 Å². The van der Waals surface area contributed by atoms with Crippen LogP contribution in [0, 0.1) is 0 Å². The Bertz CT molecular complexity index is 3530. The Hall–Kier alpha value is -6.24. The third-order valence-corrected chi connectivity index (χ3v) is 13.5. The van der Waals surface area contributed by atoms with Crippen LogP contribution < -0.4 is 15.6 Å². The number of anilines is 2. The first-order valence-electron chi connectivity index (χ1n) is 20.2. The average molecular weight is 768 g/mol. The predicted octanol–water partition coefficient (Wildman–Crippen LogP) is 13.8. The second-order valence-electron chi connectivity index (χ2n) is 18.1. The SMILES string of the molecule is CC(C)(C)c1ccc(Nc2cc3c(cc2-c2ccc4c5cc6oc7ccccc7c6cc5n5c4c2[B]c2sc4ccc(C(C)(C)C)cc4c2-5)oc2ccccc23)cc1. The lowest BCUT2D eigenvalue weighted by atomic mass is 9.63. The molecule has 0 saturated carbocycles. The van der Waals surface area contributed by atoms with Gasteiger partial charge in [-0.05, 0) is 98.4 Å². The molecule has 0 saturated heterocycles. The minimum atomic E-state index is 0.0220. The Kier molecular flexibility index (Phi) is 6.82. The Balaban J connectivity index is 1.16. The van der Waals surface area contributed by atoms with Crippen molar-refractivity contribution in [3.05, 3.63) is 139 Å². The minimum Gasteiger partial charge on any atom is -0.456 e. The number of aromatic nitrogens is 1. The third-order valence-electron chi connectivity index (χ3n) is 12.4. The molecule has 0 amide bonds. The molecule has 0 bridgehead atoms. The molecular weight excluding hydrogens is 727 g/mol. The van der Waals surface area contributed by atoms with Crippen LogP contribution in [0.1, 0.15) is 52.7 Å². The summed E-state index contributed by atoms with van der Waals surface area (Å²) >= 11 is 1.88. The van der Waals surface area contributed by atoms with E-state index < -0.39 is 0 Å². The van der Waals surface area contributed by atoms with E-state index in [1.807, 2.05) is 23.5 Å². The number of nitrogens with zero attached hydrogens (tertiary/aromatic N) is 1. The van der Waals surface area contributed by atoms with E-state index in [0.717, 1.165) is 66.4 Å². The maximum atomic E-state index is 6.57. The lowest BCUT2D eigenvalue weighted by Crippen LogP contribution is -2.35. The van der Waals surface area contributed by atoms with Gasteiger partial charge in [-0.25, -0.2) is 0 Å². The monoisotopic (exact) mass is 767 g/mol. The largest absolute Gasteiger partial charge is 0.456 e. The van der Waals surface area contributed by atoms with Gasteiger partial charge in [-0.2, -0.15) is 0 Å². The van der Waals surface area contributed by atoms with E-state index in [0.29, 0.717) is 0 Å². The normalized spacial score (nSPS) is 13.1. The Morgan fingerprint density at radius 1 is 0.534 bits per heavy atom. The number of para-hydroxylation sites is 2. The molecule has 1 radical (unpaired) electrons. The molecule has 0 atom stereocenters. The van der Waals surface area contributed by atoms with Gasteiger partial charge in [-0.15, -0.1) is 11.3 Å². The van der Waals surface area contributed by atoms with Crippen LogP contribution in [0.15, 0.2) is 136 Å². The molecule has 6 heteroatoms. The van der Waals surface area contributed by atoms with Crippen molar-refractivity contribution in [2.45, 2.75) is 52.4 Å². The first kappa shape index (κ1) is 33.9. The van der Waals surface area contributed by atoms with Gasteiger partial charge in [0.1, 0.15) is 22.3 Å². The van der Waals surface area contributed by atoms with Crippen LogP contribution in [0.4, 0.5) is 11.4 Å². The van der Waals surface area contributed by atoms with Crippen molar-refractivity contribution in [3.8, 4) is 16.8 Å². The van der Waals surface area contributed by atoms with Crippen LogP contribution in [0.3, 0.4) is 0 Å². The van der Waals surface area contributed by atoms with E-state index in [1.54, 1.807) is 0 Å². The van der Waals surface area contributed by atoms with E-state index in [2.05, 4.69) is 174 Å². The van der Waals surface area contributed by atoms with Gasteiger partial charge < -0.3 is 18.7 Å². The van der Waals surface area contributed by atoms with Gasteiger partial charge in [0.05, 0.1) is 11.2 Å². The first-order valence-corrected chi connectivity index (χ1v) is 21.0. The second kappa shape index (κ2) is 11.7. The maximum absolute atomic E-state index is 6.57. The second-order valence-corrected chi connectivity index (χ2v) is 19.2. The van der Waals surface area contributed by atoms with Crippen LogP contribution in [0.25, 0.3) is 92.6 Å². The van der Waals surface area contributed by atoms with Gasteiger partial charge in [-0.3, -0.25) is 0 Å². The Morgan fingerprint density at radius 2 is 1.19 bits per heavy atom. The maximum Gasteiger partial charge on any atom is 0.211 e. The van der Waals surface area contributed by atoms with Crippen LogP contribution in [-0.2, 0) is 10.8 Å². The van der Waals surface area contributed by atoms with Gasteiger partial charge in [0.25, 0.3) is 0 Å². The molecule has 0 aliphatic carbocycles. The summed E-state index contributed by atoms with van der Waals surface area (Å²) in [6, 6.07) is 46.4. The molecular formula is C52H40BN2O2S. The topological polar surface area (TPSA) is 43.2 Å². The summed E-state index contributed by atoms with van der Waals surface area (Å²) in [5.74, 6) is 0. The zero-order valence-electron chi connectivity index (χ0n) is 33.4. The first-order chi connectivity index (χ1) is 28.0. The summed E-state index contributed by atoms with van der Waals surface area (Å²) < 4.78 is 18.2. The lowest BCUT2D eigenvalue weighted by Gasteiger charge is -2.23. The molecule has 279 valence electrons. The van der Waals surface area contributed by atoms with Crippen molar-refractivity contribution in [1.82, 2.24) is 4.57 Å². The summed E-state index contributed by atoms with van der Waals surface area (Å²) in [7, 11) is 2.44. The van der Waals surface area contributed by atoms with Gasteiger partial charge >= 0.3 is 0 Å². The van der Waals surface area contributed by atoms with Crippen molar-refractivity contribution in [2.75, 3.05) is 5.32 Å². The number of benzene rings is 7. The smallest absolute Gasteiger partial charge is 0.211 e. The fourth-order valence-corrected chi connectivity index (χ4v) is 10.4. The number of furan rings is 2. The number of hydrogen-bond acceptors (Lipinski definition) is 4. The molecule has 4 aromatic heterocycles. The quantitative estimate of drug-likeness (QED) is 0.182. The number of thiophene rings is 1. The van der Waals surface area contributed by atoms with Crippen LogP contribution in [0.5, 0.6) is 0 Å². The number of nitrogens with one attached hydrogen (secondary N) is 1. The summed E-state index contributed by atoms with van der Waals surface area (Å²) in [5.41, 5.74) is 15.5. The van der Waals surface area contributed by atoms with E-state index >= 15 is 0 Å².